The van der Waals surface area contributed by atoms with Crippen molar-refractivity contribution >= 4 is 35.6 Å². The number of carbonyl (C=O) groups is 5. The summed E-state index contributed by atoms with van der Waals surface area (Å²) in [6, 6.07) is 4.38. The Labute approximate surface area is 192 Å². The first-order valence-electron chi connectivity index (χ1n) is 11.7. The molecule has 1 unspecified atom stereocenters. The highest BCUT2D eigenvalue weighted by Crippen LogP contribution is 2.42. The second-order valence-electron chi connectivity index (χ2n) is 9.63. The zero-order chi connectivity index (χ0) is 23.2. The number of benzene rings is 1. The number of hydrogen-bond acceptors (Lipinski definition) is 7. The molecule has 4 aliphatic rings. The molecule has 3 fully saturated rings. The maximum absolute atomic E-state index is 13.1. The summed E-state index contributed by atoms with van der Waals surface area (Å²) in [7, 11) is 0. The number of aldehydes is 1. The molecule has 33 heavy (non-hydrogen) atoms. The monoisotopic (exact) mass is 452 g/mol. The quantitative estimate of drug-likeness (QED) is 0.536. The van der Waals surface area contributed by atoms with Crippen molar-refractivity contribution in [1.82, 2.24) is 15.1 Å². The molecule has 4 heterocycles. The van der Waals surface area contributed by atoms with Crippen molar-refractivity contribution in [2.24, 2.45) is 5.41 Å². The molecule has 1 spiro atoms. The van der Waals surface area contributed by atoms with Gasteiger partial charge in [0.15, 0.2) is 0 Å². The highest BCUT2D eigenvalue weighted by molar-refractivity contribution is 6.23. The second kappa shape index (κ2) is 8.37. The topological polar surface area (TPSA) is 107 Å². The van der Waals surface area contributed by atoms with Crippen molar-refractivity contribution < 1.29 is 24.0 Å². The molecule has 0 aliphatic carbocycles. The standard InChI is InChI=1S/C24H28N4O5/c29-14-13-26-9-5-24(6-10-26)7-11-27(12-8-24)16-1-2-17-18(15-16)23(33)28(22(17)32)19-3-4-20(30)25-21(19)31/h1-2,14-15,19H,3-13H2,(H,25,30,31). The van der Waals surface area contributed by atoms with Gasteiger partial charge in [-0.2, -0.15) is 0 Å². The fourth-order valence-electron chi connectivity index (χ4n) is 5.71. The summed E-state index contributed by atoms with van der Waals surface area (Å²) in [5.74, 6) is -1.92. The molecule has 1 aromatic rings. The number of imide groups is 2. The molecule has 0 aromatic heterocycles. The van der Waals surface area contributed by atoms with E-state index in [1.807, 2.05) is 6.07 Å². The average Bonchev–Trinajstić information content (AvgIpc) is 3.06. The Morgan fingerprint density at radius 3 is 2.27 bits per heavy atom. The van der Waals surface area contributed by atoms with Crippen LogP contribution in [0.4, 0.5) is 5.69 Å². The smallest absolute Gasteiger partial charge is 0.262 e. The van der Waals surface area contributed by atoms with Crippen LogP contribution in [-0.4, -0.2) is 78.5 Å². The molecule has 1 aromatic carbocycles. The predicted octanol–water partition coefficient (Wildman–Crippen LogP) is 0.969. The highest BCUT2D eigenvalue weighted by atomic mass is 16.2. The largest absolute Gasteiger partial charge is 0.371 e. The summed E-state index contributed by atoms with van der Waals surface area (Å²) in [6.45, 7) is 4.20. The van der Waals surface area contributed by atoms with Gasteiger partial charge in [0.2, 0.25) is 11.8 Å². The Hall–Kier alpha value is -3.07. The van der Waals surface area contributed by atoms with E-state index in [-0.39, 0.29) is 18.7 Å². The number of nitrogens with zero attached hydrogens (tertiary/aromatic N) is 3. The molecule has 9 heteroatoms. The fraction of sp³-hybridized carbons (Fsp3) is 0.542. The van der Waals surface area contributed by atoms with Gasteiger partial charge in [0.25, 0.3) is 11.8 Å². The molecule has 9 nitrogen and oxygen atoms in total. The molecule has 174 valence electrons. The number of nitrogens with one attached hydrogen (secondary N) is 1. The lowest BCUT2D eigenvalue weighted by atomic mass is 9.71. The minimum atomic E-state index is -0.946. The number of amides is 4. The number of likely N-dealkylation sites (tertiary alicyclic amines) is 1. The van der Waals surface area contributed by atoms with Gasteiger partial charge in [0, 0.05) is 25.2 Å². The highest BCUT2D eigenvalue weighted by Gasteiger charge is 2.45. The van der Waals surface area contributed by atoms with E-state index in [4.69, 9.17) is 0 Å². The van der Waals surface area contributed by atoms with Gasteiger partial charge in [-0.3, -0.25) is 34.3 Å². The van der Waals surface area contributed by atoms with E-state index in [0.717, 1.165) is 68.7 Å². The number of carbonyl (C=O) groups excluding carboxylic acids is 5. The van der Waals surface area contributed by atoms with Crippen LogP contribution in [0.3, 0.4) is 0 Å². The lowest BCUT2D eigenvalue weighted by molar-refractivity contribution is -0.136. The Morgan fingerprint density at radius 1 is 0.939 bits per heavy atom. The molecule has 1 atom stereocenters. The van der Waals surface area contributed by atoms with Crippen LogP contribution < -0.4 is 10.2 Å². The molecular formula is C24H28N4O5. The maximum atomic E-state index is 13.1. The van der Waals surface area contributed by atoms with Gasteiger partial charge in [-0.05, 0) is 68.8 Å². The SMILES string of the molecule is O=CCN1CCC2(CC1)CCN(c1ccc3c(c1)C(=O)N(C1CCC(=O)NC1=O)C3=O)CC2. The molecule has 0 radical (unpaired) electrons. The molecule has 4 aliphatic heterocycles. The van der Waals surface area contributed by atoms with E-state index in [9.17, 15) is 24.0 Å². The summed E-state index contributed by atoms with van der Waals surface area (Å²) < 4.78 is 0. The minimum absolute atomic E-state index is 0.109. The molecular weight excluding hydrogens is 424 g/mol. The third-order valence-corrected chi connectivity index (χ3v) is 7.86. The summed E-state index contributed by atoms with van der Waals surface area (Å²) in [5, 5.41) is 2.22. The van der Waals surface area contributed by atoms with Gasteiger partial charge in [-0.25, -0.2) is 0 Å². The van der Waals surface area contributed by atoms with Crippen molar-refractivity contribution in [2.75, 3.05) is 37.6 Å². The van der Waals surface area contributed by atoms with Gasteiger partial charge in [-0.15, -0.1) is 0 Å². The van der Waals surface area contributed by atoms with E-state index in [2.05, 4.69) is 15.1 Å². The van der Waals surface area contributed by atoms with E-state index in [0.29, 0.717) is 23.1 Å². The van der Waals surface area contributed by atoms with Crippen molar-refractivity contribution in [1.29, 1.82) is 0 Å². The van der Waals surface area contributed by atoms with E-state index in [1.54, 1.807) is 12.1 Å². The van der Waals surface area contributed by atoms with Crippen LogP contribution in [0, 0.1) is 5.41 Å². The first-order chi connectivity index (χ1) is 15.9. The maximum Gasteiger partial charge on any atom is 0.262 e. The van der Waals surface area contributed by atoms with Gasteiger partial charge < -0.3 is 9.69 Å². The van der Waals surface area contributed by atoms with Crippen LogP contribution in [0.5, 0.6) is 0 Å². The number of rotatable bonds is 4. The number of hydrogen-bond donors (Lipinski definition) is 1. The zero-order valence-corrected chi connectivity index (χ0v) is 18.5. The lowest BCUT2D eigenvalue weighted by Crippen LogP contribution is -2.54. The van der Waals surface area contributed by atoms with Crippen molar-refractivity contribution in [3.8, 4) is 0 Å². The molecule has 4 amide bonds. The average molecular weight is 453 g/mol. The number of piperidine rings is 3. The second-order valence-corrected chi connectivity index (χ2v) is 9.63. The lowest BCUT2D eigenvalue weighted by Gasteiger charge is -2.47. The minimum Gasteiger partial charge on any atom is -0.371 e. The number of fused-ring (bicyclic) bond motifs is 1. The van der Waals surface area contributed by atoms with Gasteiger partial charge >= 0.3 is 0 Å². The predicted molar refractivity (Wildman–Crippen MR) is 119 cm³/mol. The third kappa shape index (κ3) is 3.84. The van der Waals surface area contributed by atoms with Crippen LogP contribution in [0.1, 0.15) is 59.2 Å². The van der Waals surface area contributed by atoms with E-state index >= 15 is 0 Å². The van der Waals surface area contributed by atoms with Crippen molar-refractivity contribution in [3.63, 3.8) is 0 Å². The normalized spacial score (nSPS) is 25.4. The van der Waals surface area contributed by atoms with Crippen LogP contribution in [0.25, 0.3) is 0 Å². The zero-order valence-electron chi connectivity index (χ0n) is 18.5. The Balaban J connectivity index is 1.27. The summed E-state index contributed by atoms with van der Waals surface area (Å²) in [6.07, 6.45) is 5.57. The van der Waals surface area contributed by atoms with Crippen LogP contribution in [0.2, 0.25) is 0 Å². The number of anilines is 1. The molecule has 0 saturated carbocycles. The van der Waals surface area contributed by atoms with Crippen LogP contribution in [0.15, 0.2) is 18.2 Å². The first-order valence-corrected chi connectivity index (χ1v) is 11.7. The molecule has 1 N–H and O–H groups in total. The van der Waals surface area contributed by atoms with Crippen LogP contribution in [-0.2, 0) is 14.4 Å². The van der Waals surface area contributed by atoms with Crippen molar-refractivity contribution in [2.45, 2.75) is 44.6 Å². The molecule has 3 saturated heterocycles. The Kier molecular flexibility index (Phi) is 5.52. The van der Waals surface area contributed by atoms with Crippen molar-refractivity contribution in [3.05, 3.63) is 29.3 Å². The Morgan fingerprint density at radius 2 is 1.61 bits per heavy atom. The summed E-state index contributed by atoms with van der Waals surface area (Å²) >= 11 is 0. The Bertz CT molecular complexity index is 1020. The van der Waals surface area contributed by atoms with Gasteiger partial charge in [-0.1, -0.05) is 0 Å². The van der Waals surface area contributed by atoms with Gasteiger partial charge in [0.05, 0.1) is 17.7 Å². The van der Waals surface area contributed by atoms with E-state index < -0.39 is 23.8 Å². The van der Waals surface area contributed by atoms with Gasteiger partial charge in [0.1, 0.15) is 12.3 Å². The molecule has 5 rings (SSSR count). The summed E-state index contributed by atoms with van der Waals surface area (Å²) in [5.41, 5.74) is 1.86. The van der Waals surface area contributed by atoms with Crippen LogP contribution >= 0.6 is 0 Å². The molecule has 0 bridgehead atoms. The third-order valence-electron chi connectivity index (χ3n) is 7.86. The first kappa shape index (κ1) is 21.8. The summed E-state index contributed by atoms with van der Waals surface area (Å²) in [4.78, 5) is 65.9. The van der Waals surface area contributed by atoms with E-state index in [1.165, 1.54) is 0 Å². The fourth-order valence-corrected chi connectivity index (χ4v) is 5.71.